The molecule has 0 radical (unpaired) electrons. The Morgan fingerprint density at radius 2 is 1.93 bits per heavy atom. The Morgan fingerprint density at radius 1 is 1.26 bits per heavy atom. The zero-order valence-corrected chi connectivity index (χ0v) is 16.0. The molecule has 0 aliphatic carbocycles. The molecule has 2 saturated heterocycles. The van der Waals surface area contributed by atoms with Crippen LogP contribution in [0.2, 0.25) is 0 Å². The van der Waals surface area contributed by atoms with Gasteiger partial charge in [-0.25, -0.2) is 0 Å². The number of nitrogens with zero attached hydrogens (tertiary/aromatic N) is 3. The van der Waals surface area contributed by atoms with Crippen molar-refractivity contribution in [3.63, 3.8) is 0 Å². The topological polar surface area (TPSA) is 81.6 Å². The first-order chi connectivity index (χ1) is 13.1. The van der Waals surface area contributed by atoms with Crippen LogP contribution >= 0.6 is 12.2 Å². The van der Waals surface area contributed by atoms with Crippen LogP contribution in [0.15, 0.2) is 24.3 Å². The molecule has 2 aliphatic rings. The van der Waals surface area contributed by atoms with Gasteiger partial charge in [0, 0.05) is 31.5 Å². The number of likely N-dealkylation sites (tertiary alicyclic amines) is 1. The minimum Gasteiger partial charge on any atom is -0.497 e. The first-order valence-corrected chi connectivity index (χ1v) is 9.36. The maximum absolute atomic E-state index is 12.8. The molecule has 144 valence electrons. The largest absolute Gasteiger partial charge is 0.497 e. The first kappa shape index (κ1) is 18.1. The van der Waals surface area contributed by atoms with E-state index in [0.29, 0.717) is 49.7 Å². The highest BCUT2D eigenvalue weighted by Gasteiger charge is 2.40. The Hall–Kier alpha value is -2.23. The van der Waals surface area contributed by atoms with Gasteiger partial charge in [-0.15, -0.1) is 0 Å². The molecule has 0 bridgehead atoms. The number of piperidine rings is 1. The van der Waals surface area contributed by atoms with Gasteiger partial charge >= 0.3 is 0 Å². The van der Waals surface area contributed by atoms with Gasteiger partial charge in [0.2, 0.25) is 5.91 Å². The van der Waals surface area contributed by atoms with Crippen LogP contribution in [0.1, 0.15) is 12.8 Å². The number of hydrogen-bond donors (Lipinski definition) is 1. The summed E-state index contributed by atoms with van der Waals surface area (Å²) in [4.78, 5) is 14.7. The molecule has 8 nitrogen and oxygen atoms in total. The smallest absolute Gasteiger partial charge is 0.242 e. The number of carbonyl (C=O) groups excluding carboxylic acids is 1. The maximum Gasteiger partial charge on any atom is 0.242 e. The van der Waals surface area contributed by atoms with Crippen molar-refractivity contribution in [3.8, 4) is 17.1 Å². The number of aromatic nitrogens is 3. The van der Waals surface area contributed by atoms with Crippen LogP contribution in [0.4, 0.5) is 0 Å². The van der Waals surface area contributed by atoms with Crippen LogP contribution in [0, 0.1) is 4.77 Å². The van der Waals surface area contributed by atoms with Gasteiger partial charge in [-0.2, -0.15) is 5.10 Å². The van der Waals surface area contributed by atoms with E-state index in [4.69, 9.17) is 26.4 Å². The lowest BCUT2D eigenvalue weighted by molar-refractivity contribution is -0.187. The highest BCUT2D eigenvalue weighted by Crippen LogP contribution is 2.31. The van der Waals surface area contributed by atoms with Crippen molar-refractivity contribution < 1.29 is 19.0 Å². The lowest BCUT2D eigenvalue weighted by Gasteiger charge is -2.37. The molecule has 3 heterocycles. The van der Waals surface area contributed by atoms with Gasteiger partial charge in [0.25, 0.3) is 0 Å². The van der Waals surface area contributed by atoms with Crippen molar-refractivity contribution in [2.24, 2.45) is 0 Å². The molecule has 1 aromatic heterocycles. The van der Waals surface area contributed by atoms with E-state index in [0.717, 1.165) is 11.3 Å². The van der Waals surface area contributed by atoms with Crippen LogP contribution in [-0.4, -0.2) is 64.8 Å². The molecule has 4 rings (SSSR count). The van der Waals surface area contributed by atoms with Crippen molar-refractivity contribution in [1.29, 1.82) is 0 Å². The highest BCUT2D eigenvalue weighted by molar-refractivity contribution is 7.71. The van der Waals surface area contributed by atoms with Gasteiger partial charge < -0.3 is 19.1 Å². The van der Waals surface area contributed by atoms with Crippen LogP contribution in [0.3, 0.4) is 0 Å². The Bertz CT molecular complexity index is 860. The quantitative estimate of drug-likeness (QED) is 0.804. The summed E-state index contributed by atoms with van der Waals surface area (Å²) in [5, 5.41) is 7.08. The van der Waals surface area contributed by atoms with Crippen molar-refractivity contribution in [3.05, 3.63) is 29.0 Å². The number of hydrogen-bond acceptors (Lipinski definition) is 6. The molecule has 2 aromatic rings. The maximum atomic E-state index is 12.8. The van der Waals surface area contributed by atoms with Gasteiger partial charge in [-0.3, -0.25) is 14.5 Å². The number of rotatable bonds is 4. The van der Waals surface area contributed by atoms with E-state index in [9.17, 15) is 4.79 Å². The number of aromatic amines is 1. The van der Waals surface area contributed by atoms with Crippen molar-refractivity contribution in [2.45, 2.75) is 25.2 Å². The molecule has 2 fully saturated rings. The SMILES string of the molecule is COc1ccc(-c2n[nH]c(=S)n2CC(=O)N2CCC3(CC2)OCCO3)cc1. The number of H-pyrrole nitrogens is 1. The summed E-state index contributed by atoms with van der Waals surface area (Å²) in [6, 6.07) is 7.49. The van der Waals surface area contributed by atoms with Crippen molar-refractivity contribution in [2.75, 3.05) is 33.4 Å². The molecule has 0 unspecified atom stereocenters. The van der Waals surface area contributed by atoms with E-state index in [2.05, 4.69) is 10.2 Å². The summed E-state index contributed by atoms with van der Waals surface area (Å²) in [6.07, 6.45) is 1.39. The molecule has 27 heavy (non-hydrogen) atoms. The average Bonchev–Trinajstić information content (AvgIpc) is 3.30. The molecule has 0 atom stereocenters. The number of nitrogens with one attached hydrogen (secondary N) is 1. The molecule has 0 saturated carbocycles. The molecule has 1 amide bonds. The van der Waals surface area contributed by atoms with E-state index in [-0.39, 0.29) is 12.5 Å². The minimum absolute atomic E-state index is 0.00936. The van der Waals surface area contributed by atoms with E-state index in [1.165, 1.54) is 0 Å². The second kappa shape index (κ2) is 7.41. The van der Waals surface area contributed by atoms with Crippen molar-refractivity contribution in [1.82, 2.24) is 19.7 Å². The Morgan fingerprint density at radius 3 is 2.56 bits per heavy atom. The van der Waals surface area contributed by atoms with E-state index >= 15 is 0 Å². The molecular weight excluding hydrogens is 368 g/mol. The van der Waals surface area contributed by atoms with Crippen molar-refractivity contribution >= 4 is 18.1 Å². The van der Waals surface area contributed by atoms with Crippen LogP contribution in [0.5, 0.6) is 5.75 Å². The third-order valence-electron chi connectivity index (χ3n) is 5.09. The summed E-state index contributed by atoms with van der Waals surface area (Å²) in [6.45, 7) is 2.63. The van der Waals surface area contributed by atoms with Crippen LogP contribution in [0.25, 0.3) is 11.4 Å². The third kappa shape index (κ3) is 3.62. The second-order valence-electron chi connectivity index (χ2n) is 6.66. The molecule has 2 aliphatic heterocycles. The van der Waals surface area contributed by atoms with Gasteiger partial charge in [-0.1, -0.05) is 0 Å². The van der Waals surface area contributed by atoms with E-state index < -0.39 is 5.79 Å². The predicted octanol–water partition coefficient (Wildman–Crippen LogP) is 1.98. The predicted molar refractivity (Wildman–Crippen MR) is 99.8 cm³/mol. The summed E-state index contributed by atoms with van der Waals surface area (Å²) in [5.41, 5.74) is 0.862. The Balaban J connectivity index is 1.47. The summed E-state index contributed by atoms with van der Waals surface area (Å²) in [5.74, 6) is 0.910. The monoisotopic (exact) mass is 390 g/mol. The molecular formula is C18H22N4O4S. The van der Waals surface area contributed by atoms with Gasteiger partial charge in [-0.05, 0) is 36.5 Å². The first-order valence-electron chi connectivity index (χ1n) is 8.95. The Kier molecular flexibility index (Phi) is 4.98. The van der Waals surface area contributed by atoms with Gasteiger partial charge in [0.1, 0.15) is 12.3 Å². The fourth-order valence-corrected chi connectivity index (χ4v) is 3.74. The highest BCUT2D eigenvalue weighted by atomic mass is 32.1. The van der Waals surface area contributed by atoms with E-state index in [1.807, 2.05) is 29.2 Å². The molecule has 1 N–H and O–H groups in total. The average molecular weight is 390 g/mol. The van der Waals surface area contributed by atoms with Crippen LogP contribution in [-0.2, 0) is 20.8 Å². The lowest BCUT2D eigenvalue weighted by atomic mass is 10.0. The molecule has 9 heteroatoms. The number of amides is 1. The van der Waals surface area contributed by atoms with Gasteiger partial charge in [0.15, 0.2) is 16.4 Å². The Labute approximate surface area is 162 Å². The number of carbonyl (C=O) groups is 1. The van der Waals surface area contributed by atoms with Crippen LogP contribution < -0.4 is 4.74 Å². The number of ether oxygens (including phenoxy) is 3. The zero-order chi connectivity index (χ0) is 18.9. The van der Waals surface area contributed by atoms with Gasteiger partial charge in [0.05, 0.1) is 20.3 Å². The summed E-state index contributed by atoms with van der Waals surface area (Å²) >= 11 is 5.33. The number of benzene rings is 1. The normalized spacial score (nSPS) is 18.8. The fraction of sp³-hybridized carbons (Fsp3) is 0.500. The summed E-state index contributed by atoms with van der Waals surface area (Å²) < 4.78 is 18.8. The van der Waals surface area contributed by atoms with E-state index in [1.54, 1.807) is 11.7 Å². The fourth-order valence-electron chi connectivity index (χ4n) is 3.54. The zero-order valence-electron chi connectivity index (χ0n) is 15.1. The minimum atomic E-state index is -0.489. The standard InChI is InChI=1S/C18H22N4O4S/c1-24-14-4-2-13(3-5-14)16-19-20-17(27)22(16)12-15(23)21-8-6-18(7-9-21)25-10-11-26-18/h2-5H,6-12H2,1H3,(H,20,27). The number of methoxy groups -OCH3 is 1. The molecule has 1 spiro atoms. The third-order valence-corrected chi connectivity index (χ3v) is 5.40. The lowest BCUT2D eigenvalue weighted by Crippen LogP contribution is -2.48. The summed E-state index contributed by atoms with van der Waals surface area (Å²) in [7, 11) is 1.62. The second-order valence-corrected chi connectivity index (χ2v) is 7.04. The molecule has 1 aromatic carbocycles.